The maximum Gasteiger partial charge on any atom is 0.405 e. The van der Waals surface area contributed by atoms with Crippen molar-refractivity contribution >= 4 is 5.91 Å². The molecule has 0 aromatic heterocycles. The predicted octanol–water partition coefficient (Wildman–Crippen LogP) is 1.38. The Balaban J connectivity index is 2.35. The lowest BCUT2D eigenvalue weighted by Gasteiger charge is -2.17. The third kappa shape index (κ3) is 6.03. The summed E-state index contributed by atoms with van der Waals surface area (Å²) in [5.74, 6) is -0.761. The number of halogens is 3. The second kappa shape index (κ2) is 7.25. The number of amides is 1. The molecule has 0 saturated heterocycles. The normalized spacial score (nSPS) is 14.7. The van der Waals surface area contributed by atoms with E-state index in [4.69, 9.17) is 0 Å². The first kappa shape index (κ1) is 16.5. The molecule has 0 radical (unpaired) electrons. The van der Waals surface area contributed by atoms with Crippen molar-refractivity contribution in [2.24, 2.45) is 0 Å². The van der Waals surface area contributed by atoms with Gasteiger partial charge >= 0.3 is 6.18 Å². The summed E-state index contributed by atoms with van der Waals surface area (Å²) in [5.41, 5.74) is 0.669. The van der Waals surface area contributed by atoms with Gasteiger partial charge in [0.05, 0.1) is 12.1 Å². The number of hydrogen-bond donors (Lipinski definition) is 3. The Kier molecular flexibility index (Phi) is 5.97. The SMILES string of the molecule is CC(NCC(O)c1ccccc1)C(=O)NCC(F)(F)F. The third-order valence-electron chi connectivity index (χ3n) is 2.66. The molecule has 0 saturated carbocycles. The van der Waals surface area contributed by atoms with Crippen molar-refractivity contribution < 1.29 is 23.1 Å². The van der Waals surface area contributed by atoms with E-state index in [1.165, 1.54) is 6.92 Å². The van der Waals surface area contributed by atoms with Crippen LogP contribution in [0.15, 0.2) is 30.3 Å². The van der Waals surface area contributed by atoms with E-state index in [2.05, 4.69) is 5.32 Å². The number of alkyl halides is 3. The molecule has 0 aliphatic heterocycles. The Morgan fingerprint density at radius 3 is 2.45 bits per heavy atom. The molecule has 112 valence electrons. The molecular formula is C13H17F3N2O2. The van der Waals surface area contributed by atoms with E-state index in [1.54, 1.807) is 35.6 Å². The molecule has 1 rings (SSSR count). The van der Waals surface area contributed by atoms with Gasteiger partial charge in [0.25, 0.3) is 0 Å². The van der Waals surface area contributed by atoms with Crippen molar-refractivity contribution in [3.8, 4) is 0 Å². The van der Waals surface area contributed by atoms with Gasteiger partial charge in [-0.1, -0.05) is 30.3 Å². The first-order valence-electron chi connectivity index (χ1n) is 6.10. The van der Waals surface area contributed by atoms with Crippen LogP contribution in [0.5, 0.6) is 0 Å². The molecule has 0 spiro atoms. The summed E-state index contributed by atoms with van der Waals surface area (Å²) in [6.45, 7) is 0.146. The molecule has 2 unspecified atom stereocenters. The first-order valence-corrected chi connectivity index (χ1v) is 6.10. The number of rotatable bonds is 6. The zero-order valence-corrected chi connectivity index (χ0v) is 10.9. The van der Waals surface area contributed by atoms with E-state index in [1.807, 2.05) is 0 Å². The minimum atomic E-state index is -4.43. The van der Waals surface area contributed by atoms with Gasteiger partial charge in [-0.15, -0.1) is 0 Å². The lowest BCUT2D eigenvalue weighted by atomic mass is 10.1. The van der Waals surface area contributed by atoms with Gasteiger partial charge in [0.1, 0.15) is 6.54 Å². The molecule has 0 aliphatic rings. The van der Waals surface area contributed by atoms with Crippen LogP contribution in [0.3, 0.4) is 0 Å². The molecule has 0 bridgehead atoms. The van der Waals surface area contributed by atoms with Gasteiger partial charge < -0.3 is 15.7 Å². The Morgan fingerprint density at radius 1 is 1.30 bits per heavy atom. The summed E-state index contributed by atoms with van der Waals surface area (Å²) in [6, 6.07) is 7.95. The van der Waals surface area contributed by atoms with Gasteiger partial charge in [0.15, 0.2) is 0 Å². The van der Waals surface area contributed by atoms with Gasteiger partial charge in [-0.3, -0.25) is 4.79 Å². The van der Waals surface area contributed by atoms with Gasteiger partial charge in [0.2, 0.25) is 5.91 Å². The molecule has 20 heavy (non-hydrogen) atoms. The van der Waals surface area contributed by atoms with Crippen LogP contribution >= 0.6 is 0 Å². The average molecular weight is 290 g/mol. The van der Waals surface area contributed by atoms with Crippen LogP contribution in [0, 0.1) is 0 Å². The van der Waals surface area contributed by atoms with Crippen LogP contribution in [0.4, 0.5) is 13.2 Å². The van der Waals surface area contributed by atoms with Crippen molar-refractivity contribution in [2.75, 3.05) is 13.1 Å². The fourth-order valence-corrected chi connectivity index (χ4v) is 1.51. The second-order valence-corrected chi connectivity index (χ2v) is 4.39. The topological polar surface area (TPSA) is 61.4 Å². The van der Waals surface area contributed by atoms with E-state index in [-0.39, 0.29) is 6.54 Å². The number of carbonyl (C=O) groups excluding carboxylic acids is 1. The maximum absolute atomic E-state index is 11.9. The van der Waals surface area contributed by atoms with E-state index in [9.17, 15) is 23.1 Å². The van der Waals surface area contributed by atoms with Crippen LogP contribution < -0.4 is 10.6 Å². The smallest absolute Gasteiger partial charge is 0.387 e. The molecule has 1 aromatic rings. The standard InChI is InChI=1S/C13H17F3N2O2/c1-9(12(20)18-8-13(14,15)16)17-7-11(19)10-5-3-2-4-6-10/h2-6,9,11,17,19H,7-8H2,1H3,(H,18,20). The maximum atomic E-state index is 11.9. The molecule has 4 nitrogen and oxygen atoms in total. The van der Waals surface area contributed by atoms with E-state index >= 15 is 0 Å². The van der Waals surface area contributed by atoms with E-state index < -0.39 is 30.8 Å². The Labute approximate surface area is 115 Å². The summed E-state index contributed by atoms with van der Waals surface area (Å²) in [5, 5.41) is 14.3. The molecular weight excluding hydrogens is 273 g/mol. The molecule has 1 aromatic carbocycles. The lowest BCUT2D eigenvalue weighted by Crippen LogP contribution is -2.46. The summed E-state index contributed by atoms with van der Waals surface area (Å²) in [4.78, 5) is 11.4. The van der Waals surface area contributed by atoms with Crippen LogP contribution in [0.2, 0.25) is 0 Å². The number of benzene rings is 1. The summed E-state index contributed by atoms with van der Waals surface area (Å²) >= 11 is 0. The van der Waals surface area contributed by atoms with Gasteiger partial charge in [-0.05, 0) is 12.5 Å². The minimum absolute atomic E-state index is 0.0740. The minimum Gasteiger partial charge on any atom is -0.387 e. The highest BCUT2D eigenvalue weighted by atomic mass is 19.4. The van der Waals surface area contributed by atoms with E-state index in [0.717, 1.165) is 0 Å². The Bertz CT molecular complexity index is 423. The third-order valence-corrected chi connectivity index (χ3v) is 2.66. The number of nitrogens with one attached hydrogen (secondary N) is 2. The fourth-order valence-electron chi connectivity index (χ4n) is 1.51. The molecule has 0 aliphatic carbocycles. The molecule has 0 fully saturated rings. The second-order valence-electron chi connectivity index (χ2n) is 4.39. The quantitative estimate of drug-likeness (QED) is 0.741. The highest BCUT2D eigenvalue weighted by Crippen LogP contribution is 2.12. The van der Waals surface area contributed by atoms with Crippen molar-refractivity contribution in [1.29, 1.82) is 0 Å². The van der Waals surface area contributed by atoms with Crippen molar-refractivity contribution in [2.45, 2.75) is 25.2 Å². The average Bonchev–Trinajstić information content (AvgIpc) is 2.41. The Hall–Kier alpha value is -1.60. The predicted molar refractivity (Wildman–Crippen MR) is 67.9 cm³/mol. The molecule has 3 N–H and O–H groups in total. The fraction of sp³-hybridized carbons (Fsp3) is 0.462. The van der Waals surface area contributed by atoms with Crippen LogP contribution in [-0.4, -0.2) is 36.3 Å². The van der Waals surface area contributed by atoms with Crippen molar-refractivity contribution in [3.63, 3.8) is 0 Å². The zero-order valence-electron chi connectivity index (χ0n) is 10.9. The van der Waals surface area contributed by atoms with Gasteiger partial charge in [-0.2, -0.15) is 13.2 Å². The Morgan fingerprint density at radius 2 is 1.90 bits per heavy atom. The van der Waals surface area contributed by atoms with E-state index in [0.29, 0.717) is 5.56 Å². The van der Waals surface area contributed by atoms with Gasteiger partial charge in [0, 0.05) is 6.54 Å². The lowest BCUT2D eigenvalue weighted by molar-refractivity contribution is -0.139. The zero-order chi connectivity index (χ0) is 15.2. The number of aliphatic hydroxyl groups excluding tert-OH is 1. The summed E-state index contributed by atoms with van der Waals surface area (Å²) in [7, 11) is 0. The van der Waals surface area contributed by atoms with Crippen LogP contribution in [0.1, 0.15) is 18.6 Å². The summed E-state index contributed by atoms with van der Waals surface area (Å²) < 4.78 is 35.8. The van der Waals surface area contributed by atoms with Crippen LogP contribution in [0.25, 0.3) is 0 Å². The molecule has 2 atom stereocenters. The first-order chi connectivity index (χ1) is 9.29. The summed E-state index contributed by atoms with van der Waals surface area (Å²) in [6.07, 6.45) is -5.26. The highest BCUT2D eigenvalue weighted by molar-refractivity contribution is 5.81. The van der Waals surface area contributed by atoms with Crippen molar-refractivity contribution in [1.82, 2.24) is 10.6 Å². The van der Waals surface area contributed by atoms with Gasteiger partial charge in [-0.25, -0.2) is 0 Å². The molecule has 7 heteroatoms. The van der Waals surface area contributed by atoms with Crippen molar-refractivity contribution in [3.05, 3.63) is 35.9 Å². The molecule has 1 amide bonds. The highest BCUT2D eigenvalue weighted by Gasteiger charge is 2.28. The monoisotopic (exact) mass is 290 g/mol. The largest absolute Gasteiger partial charge is 0.405 e. The number of carbonyl (C=O) groups is 1. The molecule has 0 heterocycles. The number of aliphatic hydroxyl groups is 1. The number of hydrogen-bond acceptors (Lipinski definition) is 3. The van der Waals surface area contributed by atoms with Crippen LogP contribution in [-0.2, 0) is 4.79 Å².